The predicted molar refractivity (Wildman–Crippen MR) is 79.9 cm³/mol. The van der Waals surface area contributed by atoms with Gasteiger partial charge >= 0.3 is 12.0 Å². The van der Waals surface area contributed by atoms with Gasteiger partial charge in [-0.15, -0.1) is 11.3 Å². The van der Waals surface area contributed by atoms with E-state index in [-0.39, 0.29) is 25.0 Å². The van der Waals surface area contributed by atoms with Gasteiger partial charge in [-0.25, -0.2) is 4.79 Å². The summed E-state index contributed by atoms with van der Waals surface area (Å²) in [4.78, 5) is 23.4. The van der Waals surface area contributed by atoms with Gasteiger partial charge in [0.2, 0.25) is 0 Å². The van der Waals surface area contributed by atoms with E-state index in [4.69, 9.17) is 5.11 Å². The van der Waals surface area contributed by atoms with Gasteiger partial charge in [0.05, 0.1) is 12.5 Å². The van der Waals surface area contributed by atoms with Crippen molar-refractivity contribution < 1.29 is 14.7 Å². The van der Waals surface area contributed by atoms with Crippen LogP contribution in [0.1, 0.15) is 44.0 Å². The van der Waals surface area contributed by atoms with Crippen molar-refractivity contribution in [3.63, 3.8) is 0 Å². The van der Waals surface area contributed by atoms with E-state index in [0.717, 1.165) is 17.7 Å². The number of carboxylic acids is 1. The molecular weight excluding hydrogens is 276 g/mol. The van der Waals surface area contributed by atoms with Crippen LogP contribution >= 0.6 is 11.3 Å². The Labute approximate surface area is 123 Å². The van der Waals surface area contributed by atoms with Gasteiger partial charge in [-0.1, -0.05) is 32.8 Å². The minimum Gasteiger partial charge on any atom is -0.481 e. The molecule has 1 heterocycles. The highest BCUT2D eigenvalue weighted by Gasteiger charge is 2.23. The van der Waals surface area contributed by atoms with Crippen LogP contribution in [0.25, 0.3) is 0 Å². The molecule has 3 N–H and O–H groups in total. The molecule has 0 saturated carbocycles. The van der Waals surface area contributed by atoms with E-state index in [1.807, 2.05) is 17.5 Å². The van der Waals surface area contributed by atoms with E-state index in [9.17, 15) is 9.59 Å². The number of rotatable bonds is 8. The second-order valence-corrected chi connectivity index (χ2v) is 5.59. The van der Waals surface area contributed by atoms with Crippen LogP contribution in [0, 0.1) is 5.92 Å². The van der Waals surface area contributed by atoms with Crippen LogP contribution in [0.4, 0.5) is 4.79 Å². The van der Waals surface area contributed by atoms with Crippen molar-refractivity contribution in [2.75, 3.05) is 6.54 Å². The van der Waals surface area contributed by atoms with Crippen LogP contribution in [-0.2, 0) is 4.79 Å². The molecule has 0 aromatic carbocycles. The van der Waals surface area contributed by atoms with Crippen LogP contribution in [-0.4, -0.2) is 23.7 Å². The van der Waals surface area contributed by atoms with Gasteiger partial charge in [-0.2, -0.15) is 0 Å². The highest BCUT2D eigenvalue weighted by atomic mass is 32.1. The molecule has 0 aliphatic rings. The van der Waals surface area contributed by atoms with E-state index < -0.39 is 5.97 Å². The molecule has 20 heavy (non-hydrogen) atoms. The monoisotopic (exact) mass is 298 g/mol. The molecule has 5 nitrogen and oxygen atoms in total. The molecule has 1 atom stereocenters. The molecule has 6 heteroatoms. The summed E-state index contributed by atoms with van der Waals surface area (Å²) >= 11 is 1.62. The summed E-state index contributed by atoms with van der Waals surface area (Å²) in [6.45, 7) is 4.36. The molecule has 1 rings (SSSR count). The summed E-state index contributed by atoms with van der Waals surface area (Å²) in [6, 6.07) is 3.66. The normalized spacial score (nSPS) is 12.2. The van der Waals surface area contributed by atoms with Gasteiger partial charge < -0.3 is 15.7 Å². The van der Waals surface area contributed by atoms with E-state index in [1.165, 1.54) is 0 Å². The van der Waals surface area contributed by atoms with E-state index in [2.05, 4.69) is 24.5 Å². The SMILES string of the molecule is CCC(CC)C(NC(=O)NCCC(=O)O)c1cccs1. The number of urea groups is 1. The second kappa shape index (κ2) is 8.58. The van der Waals surface area contributed by atoms with Crippen molar-refractivity contribution in [2.45, 2.75) is 39.2 Å². The molecule has 1 unspecified atom stereocenters. The quantitative estimate of drug-likeness (QED) is 0.690. The van der Waals surface area contributed by atoms with Gasteiger partial charge in [0.15, 0.2) is 0 Å². The van der Waals surface area contributed by atoms with Gasteiger partial charge in [-0.05, 0) is 17.4 Å². The number of thiophene rings is 1. The van der Waals surface area contributed by atoms with Crippen molar-refractivity contribution in [1.29, 1.82) is 0 Å². The minimum atomic E-state index is -0.917. The number of carbonyl (C=O) groups excluding carboxylic acids is 1. The maximum atomic E-state index is 11.9. The van der Waals surface area contributed by atoms with Crippen LogP contribution in [0.5, 0.6) is 0 Å². The molecule has 0 bridgehead atoms. The molecule has 0 spiro atoms. The standard InChI is InChI=1S/C14H22N2O3S/c1-3-10(4-2)13(11-6-5-9-20-11)16-14(19)15-8-7-12(17)18/h5-6,9-10,13H,3-4,7-8H2,1-2H3,(H,17,18)(H2,15,16,19). The fraction of sp³-hybridized carbons (Fsp3) is 0.571. The molecule has 0 aliphatic carbocycles. The summed E-state index contributed by atoms with van der Waals surface area (Å²) in [5.41, 5.74) is 0. The summed E-state index contributed by atoms with van der Waals surface area (Å²) in [7, 11) is 0. The Bertz CT molecular complexity index is 416. The van der Waals surface area contributed by atoms with Crippen LogP contribution in [0.2, 0.25) is 0 Å². The number of nitrogens with one attached hydrogen (secondary N) is 2. The Kier molecular flexibility index (Phi) is 7.08. The molecular formula is C14H22N2O3S. The van der Waals surface area contributed by atoms with Crippen molar-refractivity contribution in [2.24, 2.45) is 5.92 Å². The average Bonchev–Trinajstić information content (AvgIpc) is 2.92. The molecule has 0 saturated heterocycles. The first-order valence-electron chi connectivity index (χ1n) is 6.88. The van der Waals surface area contributed by atoms with Gasteiger partial charge in [0, 0.05) is 11.4 Å². The summed E-state index contributed by atoms with van der Waals surface area (Å²) in [6.07, 6.45) is 1.89. The third-order valence-electron chi connectivity index (χ3n) is 3.28. The van der Waals surface area contributed by atoms with Crippen molar-refractivity contribution in [3.8, 4) is 0 Å². The maximum Gasteiger partial charge on any atom is 0.315 e. The van der Waals surface area contributed by atoms with Gasteiger partial charge in [0.1, 0.15) is 0 Å². The van der Waals surface area contributed by atoms with Gasteiger partial charge in [-0.3, -0.25) is 4.79 Å². The number of carbonyl (C=O) groups is 2. The summed E-state index contributed by atoms with van der Waals surface area (Å²) < 4.78 is 0. The number of carboxylic acid groups (broad SMARTS) is 1. The fourth-order valence-corrected chi connectivity index (χ4v) is 2.99. The predicted octanol–water partition coefficient (Wildman–Crippen LogP) is 3.00. The lowest BCUT2D eigenvalue weighted by Gasteiger charge is -2.25. The Morgan fingerprint density at radius 1 is 1.35 bits per heavy atom. The molecule has 112 valence electrons. The summed E-state index contributed by atoms with van der Waals surface area (Å²) in [5, 5.41) is 16.1. The van der Waals surface area contributed by atoms with Crippen LogP contribution < -0.4 is 10.6 Å². The number of hydrogen-bond donors (Lipinski definition) is 3. The number of amides is 2. The van der Waals surface area contributed by atoms with E-state index in [0.29, 0.717) is 5.92 Å². The van der Waals surface area contributed by atoms with Gasteiger partial charge in [0.25, 0.3) is 0 Å². The first kappa shape index (κ1) is 16.5. The lowest BCUT2D eigenvalue weighted by molar-refractivity contribution is -0.136. The molecule has 0 aliphatic heterocycles. The third kappa shape index (κ3) is 5.21. The second-order valence-electron chi connectivity index (χ2n) is 4.61. The first-order chi connectivity index (χ1) is 9.58. The zero-order chi connectivity index (χ0) is 15.0. The fourth-order valence-electron chi connectivity index (χ4n) is 2.12. The Morgan fingerprint density at radius 2 is 2.05 bits per heavy atom. The third-order valence-corrected chi connectivity index (χ3v) is 4.24. The van der Waals surface area contributed by atoms with Crippen LogP contribution in [0.15, 0.2) is 17.5 Å². The lowest BCUT2D eigenvalue weighted by Crippen LogP contribution is -2.41. The molecule has 1 aromatic heterocycles. The van der Waals surface area contributed by atoms with Crippen LogP contribution in [0.3, 0.4) is 0 Å². The highest BCUT2D eigenvalue weighted by Crippen LogP contribution is 2.30. The molecule has 1 aromatic rings. The Morgan fingerprint density at radius 3 is 2.55 bits per heavy atom. The number of aliphatic carboxylic acids is 1. The molecule has 0 fully saturated rings. The molecule has 2 amide bonds. The van der Waals surface area contributed by atoms with E-state index >= 15 is 0 Å². The Hall–Kier alpha value is -1.56. The largest absolute Gasteiger partial charge is 0.481 e. The van der Waals surface area contributed by atoms with Crippen molar-refractivity contribution >= 4 is 23.3 Å². The summed E-state index contributed by atoms with van der Waals surface area (Å²) in [5.74, 6) is -0.543. The number of hydrogen-bond acceptors (Lipinski definition) is 3. The average molecular weight is 298 g/mol. The lowest BCUT2D eigenvalue weighted by atomic mass is 9.93. The minimum absolute atomic E-state index is 0.0187. The maximum absolute atomic E-state index is 11.9. The zero-order valence-electron chi connectivity index (χ0n) is 11.9. The zero-order valence-corrected chi connectivity index (χ0v) is 12.7. The molecule has 0 radical (unpaired) electrons. The first-order valence-corrected chi connectivity index (χ1v) is 7.76. The van der Waals surface area contributed by atoms with Crippen molar-refractivity contribution in [1.82, 2.24) is 10.6 Å². The topological polar surface area (TPSA) is 78.4 Å². The highest BCUT2D eigenvalue weighted by molar-refractivity contribution is 7.10. The smallest absolute Gasteiger partial charge is 0.315 e. The Balaban J connectivity index is 2.61. The van der Waals surface area contributed by atoms with E-state index in [1.54, 1.807) is 11.3 Å². The van der Waals surface area contributed by atoms with Crippen molar-refractivity contribution in [3.05, 3.63) is 22.4 Å².